The van der Waals surface area contributed by atoms with E-state index in [1.165, 1.54) is 10.4 Å². The Morgan fingerprint density at radius 3 is 2.59 bits per heavy atom. The summed E-state index contributed by atoms with van der Waals surface area (Å²) >= 11 is 1.85. The highest BCUT2D eigenvalue weighted by atomic mass is 127. The summed E-state index contributed by atoms with van der Waals surface area (Å²) in [5, 5.41) is 6.74. The summed E-state index contributed by atoms with van der Waals surface area (Å²) in [6.07, 6.45) is 2.93. The number of aromatic nitrogens is 2. The van der Waals surface area contributed by atoms with Crippen molar-refractivity contribution in [3.63, 3.8) is 0 Å². The van der Waals surface area contributed by atoms with Gasteiger partial charge in [-0.1, -0.05) is 30.3 Å². The first-order chi connectivity index (χ1) is 12.9. The Bertz CT molecular complexity index is 835. The zero-order chi connectivity index (χ0) is 18.0. The molecule has 1 aromatic heterocycles. The van der Waals surface area contributed by atoms with Crippen LogP contribution in [0.3, 0.4) is 0 Å². The van der Waals surface area contributed by atoms with E-state index >= 15 is 0 Å². The lowest BCUT2D eigenvalue weighted by atomic mass is 10.3. The van der Waals surface area contributed by atoms with Gasteiger partial charge >= 0.3 is 0 Å². The fourth-order valence-electron chi connectivity index (χ4n) is 2.72. The van der Waals surface area contributed by atoms with Crippen molar-refractivity contribution in [2.75, 3.05) is 25.9 Å². The summed E-state index contributed by atoms with van der Waals surface area (Å²) < 4.78 is 2.20. The predicted octanol–water partition coefficient (Wildman–Crippen LogP) is 4.00. The molecule has 0 spiro atoms. The molecule has 7 heteroatoms. The molecule has 3 rings (SSSR count). The molecule has 3 aromatic rings. The fourth-order valence-corrected chi connectivity index (χ4v) is 3.51. The highest BCUT2D eigenvalue weighted by Gasteiger charge is 2.02. The SMILES string of the molecule is CN=C(NCCCn1cnc2ccccc21)NCCSc1ccccc1.I. The van der Waals surface area contributed by atoms with Crippen molar-refractivity contribution in [3.8, 4) is 0 Å². The van der Waals surface area contributed by atoms with Crippen molar-refractivity contribution in [1.29, 1.82) is 0 Å². The summed E-state index contributed by atoms with van der Waals surface area (Å²) in [6, 6.07) is 18.7. The van der Waals surface area contributed by atoms with Crippen LogP contribution in [0.15, 0.2) is 70.8 Å². The number of aliphatic imine (C=N–C) groups is 1. The highest BCUT2D eigenvalue weighted by molar-refractivity contribution is 14.0. The normalized spacial score (nSPS) is 11.2. The highest BCUT2D eigenvalue weighted by Crippen LogP contribution is 2.15. The average molecular weight is 495 g/mol. The number of guanidine groups is 1. The maximum absolute atomic E-state index is 4.43. The van der Waals surface area contributed by atoms with Crippen LogP contribution in [0.5, 0.6) is 0 Å². The molecule has 1 heterocycles. The van der Waals surface area contributed by atoms with Crippen molar-refractivity contribution < 1.29 is 0 Å². The molecule has 0 saturated carbocycles. The van der Waals surface area contributed by atoms with Crippen LogP contribution in [0, 0.1) is 0 Å². The lowest BCUT2D eigenvalue weighted by Crippen LogP contribution is -2.39. The van der Waals surface area contributed by atoms with Gasteiger partial charge in [-0.25, -0.2) is 4.98 Å². The van der Waals surface area contributed by atoms with Gasteiger partial charge < -0.3 is 15.2 Å². The minimum Gasteiger partial charge on any atom is -0.356 e. The number of halogens is 1. The maximum atomic E-state index is 4.43. The number of nitrogens with one attached hydrogen (secondary N) is 2. The Labute approximate surface area is 182 Å². The first-order valence-corrected chi connectivity index (χ1v) is 9.87. The van der Waals surface area contributed by atoms with Gasteiger partial charge in [-0.2, -0.15) is 0 Å². The maximum Gasteiger partial charge on any atom is 0.191 e. The quantitative estimate of drug-likeness (QED) is 0.163. The molecule has 0 radical (unpaired) electrons. The Kier molecular flexibility index (Phi) is 9.47. The number of rotatable bonds is 8. The van der Waals surface area contributed by atoms with Gasteiger partial charge in [-0.05, 0) is 30.7 Å². The minimum absolute atomic E-state index is 0. The van der Waals surface area contributed by atoms with Crippen molar-refractivity contribution in [3.05, 3.63) is 60.9 Å². The van der Waals surface area contributed by atoms with Crippen molar-refractivity contribution in [1.82, 2.24) is 20.2 Å². The zero-order valence-corrected chi connectivity index (χ0v) is 18.6. The second-order valence-corrected chi connectivity index (χ2v) is 7.04. The number of nitrogens with zero attached hydrogens (tertiary/aromatic N) is 3. The number of aryl methyl sites for hydroxylation is 1. The van der Waals surface area contributed by atoms with E-state index in [2.05, 4.69) is 61.6 Å². The average Bonchev–Trinajstić information content (AvgIpc) is 3.11. The van der Waals surface area contributed by atoms with Gasteiger partial charge in [0.05, 0.1) is 17.4 Å². The zero-order valence-electron chi connectivity index (χ0n) is 15.5. The standard InChI is InChI=1S/C20H25N5S.HI/c1-21-20(23-13-15-26-17-8-3-2-4-9-17)22-12-7-14-25-16-24-18-10-5-6-11-19(18)25;/h2-6,8-11,16H,7,12-15H2,1H3,(H2,21,22,23);1H. The number of benzene rings is 2. The van der Waals surface area contributed by atoms with Crippen LogP contribution < -0.4 is 10.6 Å². The van der Waals surface area contributed by atoms with Crippen molar-refractivity contribution in [2.45, 2.75) is 17.9 Å². The topological polar surface area (TPSA) is 54.2 Å². The van der Waals surface area contributed by atoms with E-state index in [0.29, 0.717) is 0 Å². The van der Waals surface area contributed by atoms with Crippen LogP contribution >= 0.6 is 35.7 Å². The molecule has 0 aliphatic rings. The number of hydrogen-bond donors (Lipinski definition) is 2. The van der Waals surface area contributed by atoms with Crippen LogP contribution in [-0.2, 0) is 6.54 Å². The van der Waals surface area contributed by atoms with E-state index in [0.717, 1.165) is 43.3 Å². The minimum atomic E-state index is 0. The molecule has 27 heavy (non-hydrogen) atoms. The summed E-state index contributed by atoms with van der Waals surface area (Å²) in [4.78, 5) is 10.0. The summed E-state index contributed by atoms with van der Waals surface area (Å²) in [7, 11) is 1.81. The number of hydrogen-bond acceptors (Lipinski definition) is 3. The smallest absolute Gasteiger partial charge is 0.191 e. The first-order valence-electron chi connectivity index (χ1n) is 8.89. The number of thioether (sulfide) groups is 1. The van der Waals surface area contributed by atoms with E-state index in [4.69, 9.17) is 0 Å². The molecule has 0 fully saturated rings. The molecule has 2 N–H and O–H groups in total. The Hall–Kier alpha value is -1.74. The lowest BCUT2D eigenvalue weighted by molar-refractivity contribution is 0.638. The van der Waals surface area contributed by atoms with Gasteiger partial charge in [0.15, 0.2) is 5.96 Å². The third-order valence-corrected chi connectivity index (χ3v) is 5.04. The van der Waals surface area contributed by atoms with Gasteiger partial charge in [0.2, 0.25) is 0 Å². The third kappa shape index (κ3) is 6.73. The van der Waals surface area contributed by atoms with Crippen LogP contribution in [0.2, 0.25) is 0 Å². The molecule has 0 unspecified atom stereocenters. The molecule has 0 aliphatic carbocycles. The van der Waals surface area contributed by atoms with Gasteiger partial charge in [0.1, 0.15) is 0 Å². The molecule has 0 atom stereocenters. The van der Waals surface area contributed by atoms with Crippen LogP contribution in [0.1, 0.15) is 6.42 Å². The Morgan fingerprint density at radius 2 is 1.78 bits per heavy atom. The Morgan fingerprint density at radius 1 is 1.04 bits per heavy atom. The van der Waals surface area contributed by atoms with E-state index in [1.54, 1.807) is 0 Å². The molecule has 0 aliphatic heterocycles. The molecule has 0 bridgehead atoms. The van der Waals surface area contributed by atoms with Crippen LogP contribution in [0.25, 0.3) is 11.0 Å². The van der Waals surface area contributed by atoms with Crippen LogP contribution in [0.4, 0.5) is 0 Å². The first kappa shape index (κ1) is 21.6. The molecular formula is C20H26IN5S. The van der Waals surface area contributed by atoms with E-state index in [9.17, 15) is 0 Å². The molecule has 0 saturated heterocycles. The Balaban J connectivity index is 0.00000261. The summed E-state index contributed by atoms with van der Waals surface area (Å²) in [5.74, 6) is 1.86. The predicted molar refractivity (Wildman–Crippen MR) is 126 cm³/mol. The van der Waals surface area contributed by atoms with E-state index in [1.807, 2.05) is 43.3 Å². The fraction of sp³-hybridized carbons (Fsp3) is 0.300. The summed E-state index contributed by atoms with van der Waals surface area (Å²) in [5.41, 5.74) is 2.24. The number of fused-ring (bicyclic) bond motifs is 1. The summed E-state index contributed by atoms with van der Waals surface area (Å²) in [6.45, 7) is 2.69. The molecule has 0 amide bonds. The molecule has 144 valence electrons. The molecular weight excluding hydrogens is 469 g/mol. The van der Waals surface area contributed by atoms with Gasteiger partial charge in [0, 0.05) is 37.3 Å². The third-order valence-electron chi connectivity index (χ3n) is 4.03. The van der Waals surface area contributed by atoms with Crippen molar-refractivity contribution >= 4 is 52.7 Å². The van der Waals surface area contributed by atoms with Gasteiger partial charge in [-0.15, -0.1) is 35.7 Å². The number of imidazole rings is 1. The molecule has 2 aromatic carbocycles. The van der Waals surface area contributed by atoms with E-state index < -0.39 is 0 Å². The van der Waals surface area contributed by atoms with Gasteiger partial charge in [0.25, 0.3) is 0 Å². The monoisotopic (exact) mass is 495 g/mol. The van der Waals surface area contributed by atoms with Crippen LogP contribution in [-0.4, -0.2) is 41.4 Å². The second kappa shape index (κ2) is 11.9. The van der Waals surface area contributed by atoms with Crippen molar-refractivity contribution in [2.24, 2.45) is 4.99 Å². The largest absolute Gasteiger partial charge is 0.356 e. The second-order valence-electron chi connectivity index (χ2n) is 5.87. The molecule has 5 nitrogen and oxygen atoms in total. The van der Waals surface area contributed by atoms with E-state index in [-0.39, 0.29) is 24.0 Å². The lowest BCUT2D eigenvalue weighted by Gasteiger charge is -2.12. The van der Waals surface area contributed by atoms with Gasteiger partial charge in [-0.3, -0.25) is 4.99 Å². The number of para-hydroxylation sites is 2.